The number of para-hydroxylation sites is 1. The average molecular weight is 521 g/mol. The van der Waals surface area contributed by atoms with Crippen molar-refractivity contribution in [1.29, 1.82) is 5.26 Å². The van der Waals surface area contributed by atoms with Gasteiger partial charge in [-0.15, -0.1) is 24.0 Å². The van der Waals surface area contributed by atoms with Gasteiger partial charge in [-0.05, 0) is 30.9 Å². The van der Waals surface area contributed by atoms with Crippen molar-refractivity contribution in [3.8, 4) is 6.07 Å². The quantitative estimate of drug-likeness (QED) is 0.346. The molecule has 1 aromatic carbocycles. The van der Waals surface area contributed by atoms with E-state index in [0.717, 1.165) is 55.5 Å². The monoisotopic (exact) mass is 521 g/mol. The number of nitrogens with zero attached hydrogens (tertiary/aromatic N) is 5. The van der Waals surface area contributed by atoms with Crippen LogP contribution in [0.2, 0.25) is 0 Å². The zero-order chi connectivity index (χ0) is 20.6. The lowest BCUT2D eigenvalue weighted by Crippen LogP contribution is -2.51. The van der Waals surface area contributed by atoms with Gasteiger partial charge in [0.1, 0.15) is 11.9 Å². The van der Waals surface area contributed by atoms with Crippen molar-refractivity contribution in [2.24, 2.45) is 10.9 Å². The number of aliphatic imine (C=N–C) groups is 1. The number of halogens is 1. The third-order valence-electron chi connectivity index (χ3n) is 5.13. The minimum atomic E-state index is 0. The van der Waals surface area contributed by atoms with E-state index in [-0.39, 0.29) is 30.0 Å². The second-order valence-corrected chi connectivity index (χ2v) is 7.87. The number of anilines is 1. The minimum absolute atomic E-state index is 0. The molecule has 1 aliphatic rings. The van der Waals surface area contributed by atoms with E-state index in [1.807, 2.05) is 36.7 Å². The van der Waals surface area contributed by atoms with Crippen LogP contribution in [-0.2, 0) is 13.1 Å². The van der Waals surface area contributed by atoms with Crippen LogP contribution in [0, 0.1) is 17.2 Å². The number of aromatic nitrogens is 2. The van der Waals surface area contributed by atoms with Crippen LogP contribution in [0.1, 0.15) is 38.1 Å². The first-order valence-electron chi connectivity index (χ1n) is 10.3. The molecule has 2 aromatic rings. The maximum atomic E-state index is 9.41. The van der Waals surface area contributed by atoms with Crippen molar-refractivity contribution in [3.05, 3.63) is 48.0 Å². The maximum absolute atomic E-state index is 9.41. The molecule has 0 amide bonds. The summed E-state index contributed by atoms with van der Waals surface area (Å²) in [7, 11) is 1.79. The Hall–Kier alpha value is -2.28. The Labute approximate surface area is 196 Å². The third kappa shape index (κ3) is 6.36. The highest BCUT2D eigenvalue weighted by Gasteiger charge is 2.22. The summed E-state index contributed by atoms with van der Waals surface area (Å²) in [5.41, 5.74) is 1.74. The standard InChI is InChI=1S/C22H31N7.HI/c1-17(2)15-29-12-10-25-21(29)14-26-22(24-3)27-19-8-6-11-28(16-19)20-9-5-4-7-18(20)13-23;/h4-5,7,9-10,12,17,19H,6,8,11,14-16H2,1-3H3,(H2,24,26,27);1H. The molecule has 0 saturated carbocycles. The number of piperidine rings is 1. The lowest BCUT2D eigenvalue weighted by atomic mass is 10.0. The molecule has 1 saturated heterocycles. The van der Waals surface area contributed by atoms with Gasteiger partial charge in [0.25, 0.3) is 0 Å². The van der Waals surface area contributed by atoms with E-state index >= 15 is 0 Å². The second-order valence-electron chi connectivity index (χ2n) is 7.87. The molecule has 8 heteroatoms. The Balaban J connectivity index is 0.00000320. The Morgan fingerprint density at radius 1 is 1.37 bits per heavy atom. The predicted octanol–water partition coefficient (Wildman–Crippen LogP) is 3.36. The number of guanidine groups is 1. The van der Waals surface area contributed by atoms with E-state index in [9.17, 15) is 5.26 Å². The predicted molar refractivity (Wildman–Crippen MR) is 132 cm³/mol. The number of nitrogens with one attached hydrogen (secondary N) is 2. The number of rotatable bonds is 6. The zero-order valence-corrected chi connectivity index (χ0v) is 20.3. The summed E-state index contributed by atoms with van der Waals surface area (Å²) in [5.74, 6) is 2.37. The van der Waals surface area contributed by atoms with Gasteiger partial charge in [-0.1, -0.05) is 26.0 Å². The van der Waals surface area contributed by atoms with Gasteiger partial charge in [0.05, 0.1) is 17.8 Å². The summed E-state index contributed by atoms with van der Waals surface area (Å²) in [6.45, 7) is 7.82. The fraction of sp³-hybridized carbons (Fsp3) is 0.500. The first kappa shape index (κ1) is 24.0. The zero-order valence-electron chi connectivity index (χ0n) is 18.0. The summed E-state index contributed by atoms with van der Waals surface area (Å²) in [6.07, 6.45) is 6.03. The molecule has 7 nitrogen and oxygen atoms in total. The lowest BCUT2D eigenvalue weighted by molar-refractivity contribution is 0.466. The van der Waals surface area contributed by atoms with Crippen molar-refractivity contribution in [1.82, 2.24) is 20.2 Å². The molecular formula is C22H32IN7. The van der Waals surface area contributed by atoms with Gasteiger partial charge in [0.15, 0.2) is 5.96 Å². The summed E-state index contributed by atoms with van der Waals surface area (Å²) in [6, 6.07) is 10.4. The molecule has 162 valence electrons. The molecule has 1 aliphatic heterocycles. The molecule has 1 atom stereocenters. The number of benzene rings is 1. The lowest BCUT2D eigenvalue weighted by Gasteiger charge is -2.35. The number of hydrogen-bond acceptors (Lipinski definition) is 4. The van der Waals surface area contributed by atoms with E-state index in [4.69, 9.17) is 0 Å². The molecule has 1 aromatic heterocycles. The maximum Gasteiger partial charge on any atom is 0.191 e. The molecule has 3 rings (SSSR count). The van der Waals surface area contributed by atoms with Gasteiger partial charge in [-0.2, -0.15) is 5.26 Å². The third-order valence-corrected chi connectivity index (χ3v) is 5.13. The van der Waals surface area contributed by atoms with Crippen LogP contribution in [0.25, 0.3) is 0 Å². The van der Waals surface area contributed by atoms with Crippen LogP contribution in [0.5, 0.6) is 0 Å². The first-order chi connectivity index (χ1) is 14.1. The van der Waals surface area contributed by atoms with Gasteiger partial charge in [-0.3, -0.25) is 4.99 Å². The molecule has 0 bridgehead atoms. The Bertz CT molecular complexity index is 868. The van der Waals surface area contributed by atoms with Crippen molar-refractivity contribution in [2.75, 3.05) is 25.0 Å². The fourth-order valence-electron chi connectivity index (χ4n) is 3.78. The number of nitriles is 1. The van der Waals surface area contributed by atoms with E-state index in [2.05, 4.69) is 50.0 Å². The van der Waals surface area contributed by atoms with Crippen molar-refractivity contribution in [2.45, 2.75) is 45.8 Å². The van der Waals surface area contributed by atoms with Crippen LogP contribution in [0.15, 0.2) is 41.7 Å². The summed E-state index contributed by atoms with van der Waals surface area (Å²) < 4.78 is 2.19. The molecule has 1 unspecified atom stereocenters. The van der Waals surface area contributed by atoms with E-state index in [0.29, 0.717) is 12.5 Å². The van der Waals surface area contributed by atoms with Crippen molar-refractivity contribution < 1.29 is 0 Å². The van der Waals surface area contributed by atoms with E-state index in [1.54, 1.807) is 7.05 Å². The molecule has 0 spiro atoms. The van der Waals surface area contributed by atoms with Crippen LogP contribution in [0.3, 0.4) is 0 Å². The molecule has 2 N–H and O–H groups in total. The van der Waals surface area contributed by atoms with Crippen LogP contribution >= 0.6 is 24.0 Å². The van der Waals surface area contributed by atoms with Crippen LogP contribution in [-0.4, -0.2) is 41.7 Å². The Kier molecular flexibility index (Phi) is 9.43. The van der Waals surface area contributed by atoms with Gasteiger partial charge in [0, 0.05) is 45.1 Å². The van der Waals surface area contributed by atoms with Crippen molar-refractivity contribution in [3.63, 3.8) is 0 Å². The van der Waals surface area contributed by atoms with Crippen molar-refractivity contribution >= 4 is 35.6 Å². The summed E-state index contributed by atoms with van der Waals surface area (Å²) in [4.78, 5) is 11.2. The highest BCUT2D eigenvalue weighted by molar-refractivity contribution is 14.0. The van der Waals surface area contributed by atoms with Gasteiger partial charge < -0.3 is 20.1 Å². The van der Waals surface area contributed by atoms with Crippen LogP contribution < -0.4 is 15.5 Å². The van der Waals surface area contributed by atoms with Gasteiger partial charge in [0.2, 0.25) is 0 Å². The smallest absolute Gasteiger partial charge is 0.191 e. The summed E-state index contributed by atoms with van der Waals surface area (Å²) in [5, 5.41) is 16.3. The summed E-state index contributed by atoms with van der Waals surface area (Å²) >= 11 is 0. The normalized spacial score (nSPS) is 16.7. The fourth-order valence-corrected chi connectivity index (χ4v) is 3.78. The molecule has 1 fully saturated rings. The second kappa shape index (κ2) is 11.8. The van der Waals surface area contributed by atoms with Gasteiger partial charge in [-0.25, -0.2) is 4.98 Å². The topological polar surface area (TPSA) is 81.3 Å². The molecular weight excluding hydrogens is 489 g/mol. The molecule has 0 aliphatic carbocycles. The van der Waals surface area contributed by atoms with Gasteiger partial charge >= 0.3 is 0 Å². The average Bonchev–Trinajstić information content (AvgIpc) is 3.17. The SMILES string of the molecule is CN=C(NCc1nccn1CC(C)C)NC1CCCN(c2ccccc2C#N)C1.I. The van der Waals surface area contributed by atoms with E-state index < -0.39 is 0 Å². The Morgan fingerprint density at radius 3 is 2.90 bits per heavy atom. The number of hydrogen-bond donors (Lipinski definition) is 2. The first-order valence-corrected chi connectivity index (χ1v) is 10.3. The largest absolute Gasteiger partial charge is 0.368 e. The highest BCUT2D eigenvalue weighted by Crippen LogP contribution is 2.23. The van der Waals surface area contributed by atoms with E-state index in [1.165, 1.54) is 0 Å². The number of imidazole rings is 1. The minimum Gasteiger partial charge on any atom is -0.368 e. The van der Waals surface area contributed by atoms with Crippen LogP contribution in [0.4, 0.5) is 5.69 Å². The highest BCUT2D eigenvalue weighted by atomic mass is 127. The molecule has 0 radical (unpaired) electrons. The Morgan fingerprint density at radius 2 is 2.17 bits per heavy atom. The molecule has 30 heavy (non-hydrogen) atoms. The molecule has 2 heterocycles.